The topological polar surface area (TPSA) is 143 Å². The highest BCUT2D eigenvalue weighted by molar-refractivity contribution is 7.90. The summed E-state index contributed by atoms with van der Waals surface area (Å²) in [6.07, 6.45) is 3.83. The van der Waals surface area contributed by atoms with Crippen molar-refractivity contribution < 1.29 is 27.5 Å². The number of sulfonamides is 1. The van der Waals surface area contributed by atoms with Crippen LogP contribution >= 0.6 is 0 Å². The Morgan fingerprint density at radius 1 is 1.03 bits per heavy atom. The Morgan fingerprint density at radius 2 is 1.74 bits per heavy atom. The number of nitrogens with one attached hydrogen (secondary N) is 1. The molecule has 0 unspecified atom stereocenters. The molecule has 1 heterocycles. The van der Waals surface area contributed by atoms with Crippen molar-refractivity contribution in [1.82, 2.24) is 14.3 Å². The second-order valence-corrected chi connectivity index (χ2v) is 11.0. The molecule has 5 rings (SSSR count). The Hall–Kier alpha value is -4.38. The molecule has 10 nitrogen and oxygen atoms in total. The van der Waals surface area contributed by atoms with Crippen LogP contribution in [0, 0.1) is 0 Å². The van der Waals surface area contributed by atoms with Gasteiger partial charge < -0.3 is 19.8 Å². The SMILES string of the molecule is COc1cc(C(=O)NS(=O)(=O)c2ccccc2)ccc1Cn1c(N)nc2ccc(C(=O)OC3CCCC3)cc21. The van der Waals surface area contributed by atoms with Gasteiger partial charge in [-0.1, -0.05) is 24.3 Å². The average Bonchev–Trinajstić information content (AvgIpc) is 3.56. The van der Waals surface area contributed by atoms with Crippen LogP contribution in [0.2, 0.25) is 0 Å². The third-order valence-corrected chi connectivity index (χ3v) is 8.09. The van der Waals surface area contributed by atoms with Crippen LogP contribution in [0.15, 0.2) is 71.6 Å². The highest BCUT2D eigenvalue weighted by Gasteiger charge is 2.22. The van der Waals surface area contributed by atoms with Gasteiger partial charge in [-0.15, -0.1) is 0 Å². The quantitative estimate of drug-likeness (QED) is 0.316. The largest absolute Gasteiger partial charge is 0.496 e. The zero-order valence-electron chi connectivity index (χ0n) is 21.3. The molecule has 1 amide bonds. The number of ether oxygens (including phenoxy) is 2. The van der Waals surface area contributed by atoms with E-state index in [0.717, 1.165) is 25.7 Å². The fraction of sp³-hybridized carbons (Fsp3) is 0.250. The van der Waals surface area contributed by atoms with Crippen molar-refractivity contribution in [2.24, 2.45) is 0 Å². The van der Waals surface area contributed by atoms with Gasteiger partial charge in [0, 0.05) is 11.1 Å². The average molecular weight is 549 g/mol. The van der Waals surface area contributed by atoms with Crippen molar-refractivity contribution in [3.63, 3.8) is 0 Å². The second kappa shape index (κ2) is 10.8. The number of fused-ring (bicyclic) bond motifs is 1. The van der Waals surface area contributed by atoms with E-state index in [1.54, 1.807) is 47.0 Å². The molecule has 1 saturated carbocycles. The summed E-state index contributed by atoms with van der Waals surface area (Å²) in [5.74, 6) is -0.572. The van der Waals surface area contributed by atoms with Crippen LogP contribution in [-0.4, -0.2) is 43.1 Å². The predicted octanol–water partition coefficient (Wildman–Crippen LogP) is 3.89. The van der Waals surface area contributed by atoms with Gasteiger partial charge in [0.15, 0.2) is 0 Å². The van der Waals surface area contributed by atoms with E-state index in [-0.39, 0.29) is 35.0 Å². The molecule has 0 saturated heterocycles. The molecular weight excluding hydrogens is 520 g/mol. The highest BCUT2D eigenvalue weighted by atomic mass is 32.2. The molecule has 202 valence electrons. The molecule has 1 aromatic heterocycles. The Morgan fingerprint density at radius 3 is 2.46 bits per heavy atom. The van der Waals surface area contributed by atoms with Crippen LogP contribution in [0.4, 0.5) is 5.95 Å². The summed E-state index contributed by atoms with van der Waals surface area (Å²) in [5, 5.41) is 0. The number of amides is 1. The monoisotopic (exact) mass is 548 g/mol. The summed E-state index contributed by atoms with van der Waals surface area (Å²) in [5.41, 5.74) is 8.67. The van der Waals surface area contributed by atoms with Crippen molar-refractivity contribution in [3.8, 4) is 5.75 Å². The van der Waals surface area contributed by atoms with Crippen molar-refractivity contribution in [1.29, 1.82) is 0 Å². The molecule has 3 aromatic carbocycles. The van der Waals surface area contributed by atoms with Gasteiger partial charge in [-0.2, -0.15) is 0 Å². The van der Waals surface area contributed by atoms with Crippen LogP contribution < -0.4 is 15.2 Å². The highest BCUT2D eigenvalue weighted by Crippen LogP contribution is 2.27. The smallest absolute Gasteiger partial charge is 0.338 e. The number of carbonyl (C=O) groups excluding carboxylic acids is 2. The van der Waals surface area contributed by atoms with Gasteiger partial charge in [-0.25, -0.2) is 22.9 Å². The first-order valence-electron chi connectivity index (χ1n) is 12.5. The van der Waals surface area contributed by atoms with Gasteiger partial charge in [0.05, 0.1) is 35.1 Å². The molecule has 1 aliphatic rings. The molecule has 0 aliphatic heterocycles. The van der Waals surface area contributed by atoms with Crippen LogP contribution in [-0.2, 0) is 21.3 Å². The van der Waals surface area contributed by atoms with E-state index >= 15 is 0 Å². The van der Waals surface area contributed by atoms with Gasteiger partial charge in [-0.05, 0) is 68.1 Å². The van der Waals surface area contributed by atoms with E-state index < -0.39 is 15.9 Å². The third-order valence-electron chi connectivity index (χ3n) is 6.75. The van der Waals surface area contributed by atoms with Crippen LogP contribution in [0.1, 0.15) is 52.0 Å². The number of carbonyl (C=O) groups is 2. The normalized spacial score (nSPS) is 13.9. The van der Waals surface area contributed by atoms with Crippen LogP contribution in [0.5, 0.6) is 5.75 Å². The number of nitrogen functional groups attached to an aromatic ring is 1. The van der Waals surface area contributed by atoms with Crippen molar-refractivity contribution in [2.75, 3.05) is 12.8 Å². The zero-order chi connectivity index (χ0) is 27.6. The van der Waals surface area contributed by atoms with E-state index in [1.165, 1.54) is 31.4 Å². The molecular formula is C28H28N4O6S. The summed E-state index contributed by atoms with van der Waals surface area (Å²) >= 11 is 0. The molecule has 0 bridgehead atoms. The van der Waals surface area contributed by atoms with Crippen molar-refractivity contribution in [3.05, 3.63) is 83.4 Å². The summed E-state index contributed by atoms with van der Waals surface area (Å²) in [6, 6.07) is 17.4. The first-order chi connectivity index (χ1) is 18.7. The summed E-state index contributed by atoms with van der Waals surface area (Å²) in [7, 11) is -2.58. The first kappa shape index (κ1) is 26.2. The number of anilines is 1. The van der Waals surface area contributed by atoms with Gasteiger partial charge in [0.25, 0.3) is 15.9 Å². The fourth-order valence-electron chi connectivity index (χ4n) is 4.69. The molecule has 1 aliphatic carbocycles. The lowest BCUT2D eigenvalue weighted by molar-refractivity contribution is 0.0318. The fourth-order valence-corrected chi connectivity index (χ4v) is 5.68. The van der Waals surface area contributed by atoms with Crippen molar-refractivity contribution >= 4 is 38.9 Å². The Bertz CT molecular complexity index is 1640. The molecule has 0 radical (unpaired) electrons. The van der Waals surface area contributed by atoms with Crippen LogP contribution in [0.25, 0.3) is 11.0 Å². The molecule has 4 aromatic rings. The van der Waals surface area contributed by atoms with Crippen molar-refractivity contribution in [2.45, 2.75) is 43.2 Å². The number of hydrogen-bond acceptors (Lipinski definition) is 8. The summed E-state index contributed by atoms with van der Waals surface area (Å²) < 4.78 is 40.1. The Kier molecular flexibility index (Phi) is 7.25. The maximum atomic E-state index is 12.8. The van der Waals surface area contributed by atoms with Gasteiger partial charge in [0.1, 0.15) is 11.9 Å². The molecule has 1 fully saturated rings. The second-order valence-electron chi connectivity index (χ2n) is 9.35. The van der Waals surface area contributed by atoms with E-state index in [4.69, 9.17) is 15.2 Å². The van der Waals surface area contributed by atoms with E-state index in [2.05, 4.69) is 9.71 Å². The molecule has 0 spiro atoms. The summed E-state index contributed by atoms with van der Waals surface area (Å²) in [6.45, 7) is 0.233. The van der Waals surface area contributed by atoms with Gasteiger partial charge >= 0.3 is 5.97 Å². The summed E-state index contributed by atoms with van der Waals surface area (Å²) in [4.78, 5) is 29.9. The number of rotatable bonds is 8. The minimum absolute atomic E-state index is 0.0177. The van der Waals surface area contributed by atoms with Crippen LogP contribution in [0.3, 0.4) is 0 Å². The number of benzene rings is 3. The number of aromatic nitrogens is 2. The minimum Gasteiger partial charge on any atom is -0.496 e. The zero-order valence-corrected chi connectivity index (χ0v) is 22.1. The van der Waals surface area contributed by atoms with Gasteiger partial charge in [0.2, 0.25) is 5.95 Å². The lowest BCUT2D eigenvalue weighted by Gasteiger charge is -2.14. The standard InChI is InChI=1S/C28H28N4O6S/c1-37-25-16-18(26(33)31-39(35,36)22-9-3-2-4-10-22)11-12-20(25)17-32-24-15-19(13-14-23(24)30-28(32)29)27(34)38-21-7-5-6-8-21/h2-4,9-16,21H,5-8,17H2,1H3,(H2,29,30)(H,31,33). The Labute approximate surface area is 225 Å². The number of esters is 1. The molecule has 11 heteroatoms. The number of nitrogens with zero attached hydrogens (tertiary/aromatic N) is 2. The van der Waals surface area contributed by atoms with E-state index in [0.29, 0.717) is 27.9 Å². The molecule has 0 atom stereocenters. The number of nitrogens with two attached hydrogens (primary N) is 1. The number of hydrogen-bond donors (Lipinski definition) is 2. The predicted molar refractivity (Wildman–Crippen MR) is 145 cm³/mol. The number of imidazole rings is 1. The maximum absolute atomic E-state index is 12.8. The third kappa shape index (κ3) is 5.58. The Balaban J connectivity index is 1.39. The lowest BCUT2D eigenvalue weighted by Crippen LogP contribution is -2.30. The first-order valence-corrected chi connectivity index (χ1v) is 14.0. The van der Waals surface area contributed by atoms with E-state index in [9.17, 15) is 18.0 Å². The van der Waals surface area contributed by atoms with Gasteiger partial charge in [-0.3, -0.25) is 4.79 Å². The molecule has 3 N–H and O–H groups in total. The molecule has 39 heavy (non-hydrogen) atoms. The lowest BCUT2D eigenvalue weighted by atomic mass is 10.1. The number of methoxy groups -OCH3 is 1. The minimum atomic E-state index is -4.03. The maximum Gasteiger partial charge on any atom is 0.338 e. The van der Waals surface area contributed by atoms with E-state index in [1.807, 2.05) is 0 Å².